The van der Waals surface area contributed by atoms with Crippen molar-refractivity contribution in [3.05, 3.63) is 107 Å². The van der Waals surface area contributed by atoms with Crippen LogP contribution in [0.5, 0.6) is 5.75 Å². The quantitative estimate of drug-likeness (QED) is 0.256. The maximum atomic E-state index is 12.9. The smallest absolute Gasteiger partial charge is 0.243 e. The van der Waals surface area contributed by atoms with Gasteiger partial charge in [-0.15, -0.1) is 0 Å². The Hall–Kier alpha value is -3.12. The first-order valence-corrected chi connectivity index (χ1v) is 15.8. The van der Waals surface area contributed by atoms with Crippen LogP contribution in [0, 0.1) is 0 Å². The summed E-state index contributed by atoms with van der Waals surface area (Å²) in [4.78, 5) is 6.63. The van der Waals surface area contributed by atoms with Crippen LogP contribution in [-0.2, 0) is 31.8 Å². The fraction of sp³-hybridized carbons (Fsp3) is 0.300. The number of piperazine rings is 1. The minimum atomic E-state index is -3.49. The number of hydrogen-bond donors (Lipinski definition) is 0. The van der Waals surface area contributed by atoms with Crippen LogP contribution < -0.4 is 9.64 Å². The summed E-state index contributed by atoms with van der Waals surface area (Å²) < 4.78 is 48.1. The van der Waals surface area contributed by atoms with E-state index in [9.17, 15) is 8.42 Å². The molecule has 0 bridgehead atoms. The van der Waals surface area contributed by atoms with Crippen molar-refractivity contribution in [1.29, 1.82) is 0 Å². The molecule has 3 heterocycles. The van der Waals surface area contributed by atoms with Gasteiger partial charge in [-0.3, -0.25) is 0 Å². The summed E-state index contributed by atoms with van der Waals surface area (Å²) in [5.74, 6) is -0.416. The van der Waals surface area contributed by atoms with Crippen LogP contribution in [-0.4, -0.2) is 67.8 Å². The lowest BCUT2D eigenvalue weighted by molar-refractivity contribution is -0.189. The number of sulfonamides is 1. The molecule has 220 valence electrons. The van der Waals surface area contributed by atoms with Crippen LogP contribution in [0.2, 0.25) is 10.0 Å². The first kappa shape index (κ1) is 29.0. The Morgan fingerprint density at radius 3 is 2.43 bits per heavy atom. The van der Waals surface area contributed by atoms with Crippen molar-refractivity contribution in [2.75, 3.05) is 44.3 Å². The highest BCUT2D eigenvalue weighted by molar-refractivity contribution is 7.89. The molecule has 2 atom stereocenters. The summed E-state index contributed by atoms with van der Waals surface area (Å²) in [5.41, 5.74) is 1.70. The van der Waals surface area contributed by atoms with Crippen molar-refractivity contribution in [2.24, 2.45) is 0 Å². The van der Waals surface area contributed by atoms with Gasteiger partial charge in [-0.1, -0.05) is 47.5 Å². The molecule has 12 heteroatoms. The van der Waals surface area contributed by atoms with E-state index in [1.807, 2.05) is 47.2 Å². The highest BCUT2D eigenvalue weighted by atomic mass is 35.5. The maximum Gasteiger partial charge on any atom is 0.243 e. The number of anilines is 1. The second-order valence-electron chi connectivity index (χ2n) is 10.2. The van der Waals surface area contributed by atoms with E-state index in [4.69, 9.17) is 37.4 Å². The van der Waals surface area contributed by atoms with Gasteiger partial charge >= 0.3 is 0 Å². The van der Waals surface area contributed by atoms with E-state index < -0.39 is 15.8 Å². The zero-order chi connectivity index (χ0) is 29.2. The minimum absolute atomic E-state index is 0.284. The lowest BCUT2D eigenvalue weighted by atomic mass is 10.1. The van der Waals surface area contributed by atoms with Gasteiger partial charge in [-0.05, 0) is 48.5 Å². The van der Waals surface area contributed by atoms with Gasteiger partial charge < -0.3 is 23.7 Å². The van der Waals surface area contributed by atoms with E-state index in [-0.39, 0.29) is 12.7 Å². The molecule has 0 unspecified atom stereocenters. The monoisotopic (exact) mass is 628 g/mol. The van der Waals surface area contributed by atoms with Gasteiger partial charge in [-0.25, -0.2) is 13.4 Å². The third-order valence-corrected chi connectivity index (χ3v) is 9.87. The van der Waals surface area contributed by atoms with Crippen molar-refractivity contribution in [1.82, 2.24) is 13.9 Å². The van der Waals surface area contributed by atoms with Crippen LogP contribution in [0.4, 0.5) is 5.69 Å². The zero-order valence-corrected chi connectivity index (χ0v) is 25.0. The summed E-state index contributed by atoms with van der Waals surface area (Å²) >= 11 is 12.7. The first-order valence-electron chi connectivity index (χ1n) is 13.6. The Kier molecular flexibility index (Phi) is 8.44. The van der Waals surface area contributed by atoms with Crippen molar-refractivity contribution in [3.8, 4) is 5.75 Å². The third kappa shape index (κ3) is 6.15. The summed E-state index contributed by atoms with van der Waals surface area (Å²) in [5, 5.41) is 0.986. The molecule has 0 aliphatic carbocycles. The van der Waals surface area contributed by atoms with Crippen molar-refractivity contribution in [2.45, 2.75) is 23.3 Å². The number of halogens is 2. The minimum Gasteiger partial charge on any atom is -0.491 e. The summed E-state index contributed by atoms with van der Waals surface area (Å²) in [6.45, 7) is 3.02. The molecule has 0 N–H and O–H groups in total. The van der Waals surface area contributed by atoms with Crippen molar-refractivity contribution >= 4 is 38.9 Å². The molecule has 4 aromatic rings. The molecule has 2 aliphatic rings. The van der Waals surface area contributed by atoms with Gasteiger partial charge in [-0.2, -0.15) is 4.31 Å². The summed E-state index contributed by atoms with van der Waals surface area (Å²) in [7, 11) is -3.49. The molecule has 2 aliphatic heterocycles. The van der Waals surface area contributed by atoms with Crippen LogP contribution in [0.25, 0.3) is 0 Å². The highest BCUT2D eigenvalue weighted by Crippen LogP contribution is 2.40. The highest BCUT2D eigenvalue weighted by Gasteiger charge is 2.45. The van der Waals surface area contributed by atoms with E-state index >= 15 is 0 Å². The number of aromatic nitrogens is 2. The van der Waals surface area contributed by atoms with E-state index in [2.05, 4.69) is 9.88 Å². The van der Waals surface area contributed by atoms with Gasteiger partial charge in [0.15, 0.2) is 0 Å². The molecule has 6 rings (SSSR count). The lowest BCUT2D eigenvalue weighted by Crippen LogP contribution is -2.48. The van der Waals surface area contributed by atoms with Gasteiger partial charge in [0.05, 0.1) is 29.4 Å². The Morgan fingerprint density at radius 2 is 1.74 bits per heavy atom. The fourth-order valence-corrected chi connectivity index (χ4v) is 7.24. The van der Waals surface area contributed by atoms with Crippen LogP contribution in [0.15, 0.2) is 96.4 Å². The van der Waals surface area contributed by atoms with Gasteiger partial charge in [0.25, 0.3) is 0 Å². The molecule has 42 heavy (non-hydrogen) atoms. The van der Waals surface area contributed by atoms with E-state index in [0.29, 0.717) is 65.6 Å². The van der Waals surface area contributed by atoms with Crippen LogP contribution >= 0.6 is 23.2 Å². The molecule has 2 saturated heterocycles. The van der Waals surface area contributed by atoms with Crippen LogP contribution in [0.3, 0.4) is 0 Å². The predicted molar refractivity (Wildman–Crippen MR) is 161 cm³/mol. The zero-order valence-electron chi connectivity index (χ0n) is 22.7. The maximum absolute atomic E-state index is 12.9. The number of benzene rings is 3. The van der Waals surface area contributed by atoms with E-state index in [1.54, 1.807) is 53.2 Å². The van der Waals surface area contributed by atoms with Gasteiger partial charge in [0.1, 0.15) is 18.5 Å². The SMILES string of the molecule is O=S(=O)(c1ccccc1)N1CCN(c2ccc(OC[C@@H]3CO[C@@](Cn4ccnc4)(c4ccc(Cl)cc4Cl)O3)cc2)CC1. The Labute approximate surface area is 255 Å². The van der Waals surface area contributed by atoms with Gasteiger partial charge in [0.2, 0.25) is 15.8 Å². The fourth-order valence-electron chi connectivity index (χ4n) is 5.25. The third-order valence-electron chi connectivity index (χ3n) is 7.41. The molecular weight excluding hydrogens is 599 g/mol. The Bertz CT molecular complexity index is 1600. The normalized spacial score (nSPS) is 21.5. The predicted octanol–water partition coefficient (Wildman–Crippen LogP) is 5.05. The number of hydrogen-bond acceptors (Lipinski definition) is 7. The second kappa shape index (κ2) is 12.2. The molecule has 3 aromatic carbocycles. The molecule has 9 nitrogen and oxygen atoms in total. The molecule has 1 aromatic heterocycles. The molecule has 0 amide bonds. The number of imidazole rings is 1. The topological polar surface area (TPSA) is 86.1 Å². The van der Waals surface area contributed by atoms with E-state index in [0.717, 1.165) is 5.69 Å². The Balaban J connectivity index is 1.06. The van der Waals surface area contributed by atoms with Crippen molar-refractivity contribution in [3.63, 3.8) is 0 Å². The van der Waals surface area contributed by atoms with Crippen LogP contribution in [0.1, 0.15) is 5.56 Å². The van der Waals surface area contributed by atoms with E-state index in [1.165, 1.54) is 0 Å². The average molecular weight is 630 g/mol. The summed E-state index contributed by atoms with van der Waals surface area (Å²) in [6, 6.07) is 21.6. The standard InChI is InChI=1S/C30H30Cl2N4O5S/c31-23-6-11-28(29(32)18-23)30(21-34-13-12-33-22-34)40-20-26(41-30)19-39-25-9-7-24(8-10-25)35-14-16-36(17-15-35)42(37,38)27-4-2-1-3-5-27/h1-13,18,22,26H,14-17,19-21H2/t26-,30-/m1/s1. The molecule has 0 saturated carbocycles. The number of rotatable bonds is 9. The first-order chi connectivity index (χ1) is 20.3. The molecular formula is C30H30Cl2N4O5S. The largest absolute Gasteiger partial charge is 0.491 e. The summed E-state index contributed by atoms with van der Waals surface area (Å²) in [6.07, 6.45) is 4.90. The van der Waals surface area contributed by atoms with Gasteiger partial charge in [0, 0.05) is 54.8 Å². The Morgan fingerprint density at radius 1 is 0.976 bits per heavy atom. The average Bonchev–Trinajstić information content (AvgIpc) is 3.67. The molecule has 2 fully saturated rings. The lowest BCUT2D eigenvalue weighted by Gasteiger charge is -2.35. The number of ether oxygens (including phenoxy) is 3. The second-order valence-corrected chi connectivity index (χ2v) is 13.0. The number of nitrogens with zero attached hydrogens (tertiary/aromatic N) is 4. The van der Waals surface area contributed by atoms with Crippen molar-refractivity contribution < 1.29 is 22.6 Å². The molecule has 0 spiro atoms. The molecule has 0 radical (unpaired) electrons.